The quantitative estimate of drug-likeness (QED) is 0.309. The molecule has 4 rings (SSSR count). The van der Waals surface area contributed by atoms with Crippen LogP contribution >= 0.6 is 0 Å². The van der Waals surface area contributed by atoms with Crippen LogP contribution in [0.15, 0.2) is 57.5 Å². The van der Waals surface area contributed by atoms with Gasteiger partial charge in [0.25, 0.3) is 10.1 Å². The SMILES string of the molecule is O=C1/C(=C2\Nc3ccc(S(=O)(=O)O)cc3C2=O)Cc2ccc(S(=O)(=O)[O-])cc21.[Na+]. The summed E-state index contributed by atoms with van der Waals surface area (Å²) in [4.78, 5) is 24.4. The number of carbonyl (C=O) groups is 2. The summed E-state index contributed by atoms with van der Waals surface area (Å²) in [6, 6.07) is 6.82. The van der Waals surface area contributed by atoms with Crippen molar-refractivity contribution in [3.8, 4) is 0 Å². The van der Waals surface area contributed by atoms with E-state index >= 15 is 0 Å². The molecule has 144 valence electrons. The number of hydrogen-bond donors (Lipinski definition) is 2. The molecule has 0 amide bonds. The third-order valence-corrected chi connectivity index (χ3v) is 6.26. The van der Waals surface area contributed by atoms with Crippen LogP contribution in [-0.2, 0) is 26.7 Å². The van der Waals surface area contributed by atoms with Crippen LogP contribution in [0.1, 0.15) is 26.3 Å². The zero-order valence-electron chi connectivity index (χ0n) is 14.8. The molecular formula is C17H10NNaO8S2. The van der Waals surface area contributed by atoms with Crippen molar-refractivity contribution >= 4 is 37.5 Å². The van der Waals surface area contributed by atoms with Crippen LogP contribution in [0.4, 0.5) is 5.69 Å². The molecule has 0 aromatic heterocycles. The molecule has 0 bridgehead atoms. The van der Waals surface area contributed by atoms with Gasteiger partial charge in [-0.25, -0.2) is 8.42 Å². The van der Waals surface area contributed by atoms with E-state index in [1.807, 2.05) is 0 Å². The van der Waals surface area contributed by atoms with E-state index in [1.54, 1.807) is 0 Å². The minimum Gasteiger partial charge on any atom is -0.744 e. The molecule has 0 saturated heterocycles. The van der Waals surface area contributed by atoms with Gasteiger partial charge < -0.3 is 9.87 Å². The van der Waals surface area contributed by atoms with Crippen LogP contribution in [0.2, 0.25) is 0 Å². The first-order valence-electron chi connectivity index (χ1n) is 7.77. The summed E-state index contributed by atoms with van der Waals surface area (Å²) in [6.07, 6.45) is 0.0422. The Morgan fingerprint density at radius 2 is 1.52 bits per heavy atom. The van der Waals surface area contributed by atoms with Gasteiger partial charge in [-0.15, -0.1) is 0 Å². The third-order valence-electron chi connectivity index (χ3n) is 4.58. The fourth-order valence-electron chi connectivity index (χ4n) is 3.23. The molecule has 2 aromatic carbocycles. The number of hydrogen-bond acceptors (Lipinski definition) is 8. The predicted molar refractivity (Wildman–Crippen MR) is 93.7 cm³/mol. The molecule has 1 aliphatic heterocycles. The van der Waals surface area contributed by atoms with E-state index in [0.717, 1.165) is 24.3 Å². The second-order valence-corrected chi connectivity index (χ2v) is 9.07. The van der Waals surface area contributed by atoms with Crippen LogP contribution < -0.4 is 34.9 Å². The Morgan fingerprint density at radius 1 is 0.897 bits per heavy atom. The Kier molecular flexibility index (Phi) is 5.37. The van der Waals surface area contributed by atoms with E-state index in [4.69, 9.17) is 4.55 Å². The number of ketones is 2. The molecule has 2 N–H and O–H groups in total. The summed E-state index contributed by atoms with van der Waals surface area (Å²) in [7, 11) is -9.25. The zero-order chi connectivity index (χ0) is 20.4. The van der Waals surface area contributed by atoms with Crippen LogP contribution in [0.5, 0.6) is 0 Å². The Bertz CT molecular complexity index is 1240. The van der Waals surface area contributed by atoms with Crippen LogP contribution in [-0.4, -0.2) is 37.5 Å². The molecule has 0 radical (unpaired) electrons. The molecule has 2 aromatic rings. The Labute approximate surface area is 187 Å². The summed E-state index contributed by atoms with van der Waals surface area (Å²) in [5, 5.41) is 2.77. The standard InChI is InChI=1S/C17H11NO8S2.Na/c19-16-11-6-9(27(21,22)23)2-1-8(11)5-13(16)15-17(20)12-7-10(28(24,25)26)3-4-14(12)18-15;/h1-4,6-7,18H,5H2,(H,21,22,23)(H,24,25,26);/q;+1/p-1/b15-13-;. The van der Waals surface area contributed by atoms with Gasteiger partial charge in [-0.1, -0.05) is 6.07 Å². The fraction of sp³-hybridized carbons (Fsp3) is 0.0588. The van der Waals surface area contributed by atoms with Crippen LogP contribution in [0.3, 0.4) is 0 Å². The normalized spacial score (nSPS) is 18.1. The van der Waals surface area contributed by atoms with Gasteiger partial charge in [0.15, 0.2) is 5.78 Å². The molecule has 2 aliphatic rings. The summed E-state index contributed by atoms with van der Waals surface area (Å²) >= 11 is 0. The molecule has 12 heteroatoms. The maximum Gasteiger partial charge on any atom is 1.00 e. The molecular weight excluding hydrogens is 433 g/mol. The summed E-state index contributed by atoms with van der Waals surface area (Å²) < 4.78 is 65.2. The van der Waals surface area contributed by atoms with E-state index in [1.165, 1.54) is 12.1 Å². The van der Waals surface area contributed by atoms with Gasteiger partial charge in [-0.05, 0) is 35.9 Å². The maximum absolute atomic E-state index is 12.7. The number of allylic oxidation sites excluding steroid dienone is 2. The van der Waals surface area contributed by atoms with Gasteiger partial charge in [-0.2, -0.15) is 8.42 Å². The van der Waals surface area contributed by atoms with Crippen molar-refractivity contribution in [2.24, 2.45) is 0 Å². The number of nitrogens with one attached hydrogen (secondary N) is 1. The van der Waals surface area contributed by atoms with Crippen LogP contribution in [0.25, 0.3) is 0 Å². The minimum absolute atomic E-state index is 0. The van der Waals surface area contributed by atoms with Gasteiger partial charge in [0.2, 0.25) is 5.78 Å². The Morgan fingerprint density at radius 3 is 2.14 bits per heavy atom. The van der Waals surface area contributed by atoms with Gasteiger partial charge in [-0.3, -0.25) is 14.1 Å². The largest absolute Gasteiger partial charge is 1.00 e. The van der Waals surface area contributed by atoms with Crippen molar-refractivity contribution in [1.82, 2.24) is 0 Å². The van der Waals surface area contributed by atoms with E-state index in [9.17, 15) is 31.0 Å². The first kappa shape index (κ1) is 21.8. The Hall–Kier alpha value is -1.86. The number of benzene rings is 2. The van der Waals surface area contributed by atoms with E-state index in [-0.39, 0.29) is 64.1 Å². The maximum atomic E-state index is 12.7. The summed E-state index contributed by atoms with van der Waals surface area (Å²) in [5.74, 6) is -1.23. The molecule has 1 heterocycles. The van der Waals surface area contributed by atoms with Crippen molar-refractivity contribution in [2.45, 2.75) is 16.2 Å². The smallest absolute Gasteiger partial charge is 0.744 e. The monoisotopic (exact) mass is 443 g/mol. The topological polar surface area (TPSA) is 158 Å². The summed E-state index contributed by atoms with van der Waals surface area (Å²) in [5.41, 5.74) is 0.739. The third kappa shape index (κ3) is 3.70. The van der Waals surface area contributed by atoms with E-state index < -0.39 is 41.6 Å². The summed E-state index contributed by atoms with van der Waals surface area (Å²) in [6.45, 7) is 0. The van der Waals surface area contributed by atoms with Gasteiger partial charge in [0.05, 0.1) is 15.5 Å². The molecule has 0 atom stereocenters. The van der Waals surface area contributed by atoms with Gasteiger partial charge >= 0.3 is 29.6 Å². The number of Topliss-reactive ketones (excluding diaryl/α,β-unsaturated/α-hetero) is 2. The predicted octanol–water partition coefficient (Wildman–Crippen LogP) is -1.86. The van der Waals surface area contributed by atoms with Gasteiger partial charge in [0.1, 0.15) is 10.1 Å². The number of fused-ring (bicyclic) bond motifs is 2. The Balaban J connectivity index is 0.00000240. The molecule has 0 unspecified atom stereocenters. The second kappa shape index (κ2) is 7.13. The number of rotatable bonds is 2. The van der Waals surface area contributed by atoms with Crippen LogP contribution in [0, 0.1) is 0 Å². The van der Waals surface area contributed by atoms with E-state index in [2.05, 4.69) is 5.32 Å². The fourth-order valence-corrected chi connectivity index (χ4v) is 4.23. The molecule has 1 aliphatic carbocycles. The average molecular weight is 443 g/mol. The van der Waals surface area contributed by atoms with Crippen molar-refractivity contribution in [2.75, 3.05) is 5.32 Å². The molecule has 0 saturated carbocycles. The van der Waals surface area contributed by atoms with Gasteiger partial charge in [0, 0.05) is 28.8 Å². The van der Waals surface area contributed by atoms with Crippen molar-refractivity contribution in [3.63, 3.8) is 0 Å². The average Bonchev–Trinajstić information content (AvgIpc) is 3.10. The number of anilines is 1. The van der Waals surface area contributed by atoms with E-state index in [0.29, 0.717) is 5.56 Å². The zero-order valence-corrected chi connectivity index (χ0v) is 18.4. The first-order chi connectivity index (χ1) is 13.0. The van der Waals surface area contributed by atoms with Crippen molar-refractivity contribution < 1.29 is 65.1 Å². The van der Waals surface area contributed by atoms with Crippen molar-refractivity contribution in [1.29, 1.82) is 0 Å². The number of carbonyl (C=O) groups excluding carboxylic acids is 2. The molecule has 29 heavy (non-hydrogen) atoms. The second-order valence-electron chi connectivity index (χ2n) is 6.27. The minimum atomic E-state index is -4.74. The molecule has 0 spiro atoms. The molecule has 0 fully saturated rings. The van der Waals surface area contributed by atoms with Crippen molar-refractivity contribution in [3.05, 3.63) is 64.4 Å². The first-order valence-corrected chi connectivity index (χ1v) is 10.6. The molecule has 9 nitrogen and oxygen atoms in total.